The number of rotatable bonds is 1. The fourth-order valence-electron chi connectivity index (χ4n) is 2.61. The number of fused-ring (bicyclic) bond motifs is 1. The number of hydrogen-bond acceptors (Lipinski definition) is 1. The summed E-state index contributed by atoms with van der Waals surface area (Å²) in [5.41, 5.74) is 2.27. The summed E-state index contributed by atoms with van der Waals surface area (Å²) in [6.07, 6.45) is 1.97. The summed E-state index contributed by atoms with van der Waals surface area (Å²) >= 11 is 0. The fourth-order valence-corrected chi connectivity index (χ4v) is 2.61. The van der Waals surface area contributed by atoms with Gasteiger partial charge in [-0.3, -0.25) is 4.79 Å². The summed E-state index contributed by atoms with van der Waals surface area (Å²) in [6, 6.07) is 8.17. The Bertz CT molecular complexity index is 384. The Balaban J connectivity index is 2.56. The van der Waals surface area contributed by atoms with Gasteiger partial charge >= 0.3 is 0 Å². The predicted octanol–water partition coefficient (Wildman–Crippen LogP) is 2.94. The first-order chi connectivity index (χ1) is 7.06. The number of para-hydroxylation sites is 1. The second-order valence-corrected chi connectivity index (χ2v) is 4.95. The number of anilines is 1. The summed E-state index contributed by atoms with van der Waals surface area (Å²) in [6.45, 7) is 6.46. The van der Waals surface area contributed by atoms with Crippen LogP contribution in [0.1, 0.15) is 38.7 Å². The lowest BCUT2D eigenvalue weighted by molar-refractivity contribution is -0.108. The van der Waals surface area contributed by atoms with E-state index in [0.717, 1.165) is 18.5 Å². The molecule has 0 aliphatic carbocycles. The Morgan fingerprint density at radius 2 is 2.07 bits per heavy atom. The van der Waals surface area contributed by atoms with Crippen LogP contribution < -0.4 is 4.90 Å². The van der Waals surface area contributed by atoms with Crippen LogP contribution in [-0.4, -0.2) is 11.9 Å². The van der Waals surface area contributed by atoms with Crippen LogP contribution in [0.4, 0.5) is 5.69 Å². The van der Waals surface area contributed by atoms with Gasteiger partial charge in [-0.2, -0.15) is 0 Å². The molecule has 1 aliphatic heterocycles. The molecule has 0 unspecified atom stereocenters. The molecule has 15 heavy (non-hydrogen) atoms. The first-order valence-electron chi connectivity index (χ1n) is 5.40. The molecule has 0 fully saturated rings. The van der Waals surface area contributed by atoms with Gasteiger partial charge in [0.1, 0.15) is 0 Å². The lowest BCUT2D eigenvalue weighted by Gasteiger charge is -2.43. The molecule has 2 rings (SSSR count). The van der Waals surface area contributed by atoms with Gasteiger partial charge in [-0.15, -0.1) is 0 Å². The maximum atomic E-state index is 11.2. The number of amides is 1. The van der Waals surface area contributed by atoms with Crippen LogP contribution in [0.15, 0.2) is 24.3 Å². The highest BCUT2D eigenvalue weighted by atomic mass is 16.1. The van der Waals surface area contributed by atoms with Gasteiger partial charge in [0.15, 0.2) is 0 Å². The Hall–Kier alpha value is -1.31. The summed E-state index contributed by atoms with van der Waals surface area (Å²) in [5, 5.41) is 0. The van der Waals surface area contributed by atoms with Gasteiger partial charge < -0.3 is 4.90 Å². The molecule has 0 bridgehead atoms. The average molecular weight is 203 g/mol. The van der Waals surface area contributed by atoms with E-state index in [4.69, 9.17) is 0 Å². The molecule has 0 saturated heterocycles. The van der Waals surface area contributed by atoms with Crippen molar-refractivity contribution in [2.24, 2.45) is 0 Å². The Morgan fingerprint density at radius 3 is 2.73 bits per heavy atom. The van der Waals surface area contributed by atoms with Crippen molar-refractivity contribution < 1.29 is 4.79 Å². The van der Waals surface area contributed by atoms with Crippen molar-refractivity contribution in [3.05, 3.63) is 29.8 Å². The number of carbonyl (C=O) groups is 1. The van der Waals surface area contributed by atoms with E-state index in [9.17, 15) is 4.79 Å². The average Bonchev–Trinajstić information content (AvgIpc) is 2.17. The molecule has 1 aromatic carbocycles. The minimum absolute atomic E-state index is 0.0739. The van der Waals surface area contributed by atoms with Gasteiger partial charge in [-0.05, 0) is 37.8 Å². The van der Waals surface area contributed by atoms with Crippen molar-refractivity contribution in [2.75, 3.05) is 4.90 Å². The molecule has 2 nitrogen and oxygen atoms in total. The lowest BCUT2D eigenvalue weighted by atomic mass is 9.80. The molecule has 0 aromatic heterocycles. The van der Waals surface area contributed by atoms with Crippen LogP contribution in [0.3, 0.4) is 0 Å². The summed E-state index contributed by atoms with van der Waals surface area (Å²) in [4.78, 5) is 13.0. The van der Waals surface area contributed by atoms with Crippen molar-refractivity contribution in [3.63, 3.8) is 0 Å². The topological polar surface area (TPSA) is 20.3 Å². The maximum absolute atomic E-state index is 11.2. The third kappa shape index (κ3) is 1.54. The number of carbonyl (C=O) groups excluding carboxylic acids is 1. The second kappa shape index (κ2) is 3.37. The zero-order valence-electron chi connectivity index (χ0n) is 9.53. The van der Waals surface area contributed by atoms with Crippen molar-refractivity contribution in [2.45, 2.75) is 38.6 Å². The van der Waals surface area contributed by atoms with Crippen molar-refractivity contribution in [1.29, 1.82) is 0 Å². The van der Waals surface area contributed by atoms with Crippen LogP contribution in [0.2, 0.25) is 0 Å². The van der Waals surface area contributed by atoms with Crippen LogP contribution in [0.25, 0.3) is 0 Å². The first-order valence-corrected chi connectivity index (χ1v) is 5.40. The van der Waals surface area contributed by atoms with Gasteiger partial charge in [0.25, 0.3) is 0 Å². The molecule has 1 amide bonds. The minimum Gasteiger partial charge on any atom is -0.309 e. The molecular formula is C13H17NO. The SMILES string of the molecule is C[C@H]1CC(C)(C)N(C=O)c2ccccc21. The third-order valence-electron chi connectivity index (χ3n) is 3.29. The van der Waals surface area contributed by atoms with E-state index < -0.39 is 0 Å². The molecule has 80 valence electrons. The fraction of sp³-hybridized carbons (Fsp3) is 0.462. The monoisotopic (exact) mass is 203 g/mol. The molecule has 0 N–H and O–H groups in total. The standard InChI is InChI=1S/C13H17NO/c1-10-8-13(2,3)14(9-15)12-7-5-4-6-11(10)12/h4-7,9-10H,8H2,1-3H3/t10-/m0/s1. The zero-order chi connectivity index (χ0) is 11.1. The summed E-state index contributed by atoms with van der Waals surface area (Å²) in [7, 11) is 0. The van der Waals surface area contributed by atoms with Crippen LogP contribution in [0, 0.1) is 0 Å². The summed E-state index contributed by atoms with van der Waals surface area (Å²) < 4.78 is 0. The van der Waals surface area contributed by atoms with E-state index in [2.05, 4.69) is 26.8 Å². The lowest BCUT2D eigenvalue weighted by Crippen LogP contribution is -2.47. The molecule has 2 heteroatoms. The van der Waals surface area contributed by atoms with Crippen LogP contribution in [-0.2, 0) is 4.79 Å². The van der Waals surface area contributed by atoms with Crippen molar-refractivity contribution in [3.8, 4) is 0 Å². The van der Waals surface area contributed by atoms with E-state index >= 15 is 0 Å². The predicted molar refractivity (Wildman–Crippen MR) is 62.1 cm³/mol. The molecule has 0 radical (unpaired) electrons. The highest BCUT2D eigenvalue weighted by molar-refractivity contribution is 5.80. The van der Waals surface area contributed by atoms with E-state index in [0.29, 0.717) is 5.92 Å². The molecule has 1 aliphatic rings. The van der Waals surface area contributed by atoms with Crippen LogP contribution >= 0.6 is 0 Å². The molecule has 1 aromatic rings. The largest absolute Gasteiger partial charge is 0.309 e. The Kier molecular flexibility index (Phi) is 2.29. The third-order valence-corrected chi connectivity index (χ3v) is 3.29. The van der Waals surface area contributed by atoms with E-state index in [-0.39, 0.29) is 5.54 Å². The Morgan fingerprint density at radius 1 is 1.40 bits per heavy atom. The van der Waals surface area contributed by atoms with Crippen LogP contribution in [0.5, 0.6) is 0 Å². The first kappa shape index (κ1) is 10.2. The quantitative estimate of drug-likeness (QED) is 0.643. The second-order valence-electron chi connectivity index (χ2n) is 4.95. The van der Waals surface area contributed by atoms with Gasteiger partial charge in [0.05, 0.1) is 0 Å². The maximum Gasteiger partial charge on any atom is 0.214 e. The molecule has 1 heterocycles. The number of hydrogen-bond donors (Lipinski definition) is 0. The van der Waals surface area contributed by atoms with Crippen molar-refractivity contribution >= 4 is 12.1 Å². The highest BCUT2D eigenvalue weighted by Gasteiger charge is 2.35. The van der Waals surface area contributed by atoms with E-state index in [1.54, 1.807) is 0 Å². The van der Waals surface area contributed by atoms with E-state index in [1.165, 1.54) is 5.56 Å². The Labute approximate surface area is 90.9 Å². The summed E-state index contributed by atoms with van der Waals surface area (Å²) in [5.74, 6) is 0.521. The van der Waals surface area contributed by atoms with Gasteiger partial charge in [-0.25, -0.2) is 0 Å². The normalized spacial score (nSPS) is 23.4. The minimum atomic E-state index is -0.0739. The van der Waals surface area contributed by atoms with E-state index in [1.807, 2.05) is 23.1 Å². The molecule has 1 atom stereocenters. The molecular weight excluding hydrogens is 186 g/mol. The smallest absolute Gasteiger partial charge is 0.214 e. The van der Waals surface area contributed by atoms with Crippen molar-refractivity contribution in [1.82, 2.24) is 0 Å². The van der Waals surface area contributed by atoms with Gasteiger partial charge in [0.2, 0.25) is 6.41 Å². The molecule has 0 spiro atoms. The highest BCUT2D eigenvalue weighted by Crippen LogP contribution is 2.41. The number of benzene rings is 1. The van der Waals surface area contributed by atoms with Gasteiger partial charge in [0, 0.05) is 11.2 Å². The molecule has 0 saturated carbocycles. The van der Waals surface area contributed by atoms with Gasteiger partial charge in [-0.1, -0.05) is 25.1 Å². The number of nitrogens with zero attached hydrogens (tertiary/aromatic N) is 1. The zero-order valence-corrected chi connectivity index (χ0v) is 9.53.